The minimum absolute atomic E-state index is 0.126. The summed E-state index contributed by atoms with van der Waals surface area (Å²) in [5.41, 5.74) is 1.65. The fourth-order valence-corrected chi connectivity index (χ4v) is 3.36. The van der Waals surface area contributed by atoms with Gasteiger partial charge in [0.25, 0.3) is 5.91 Å². The third-order valence-corrected chi connectivity index (χ3v) is 4.24. The van der Waals surface area contributed by atoms with Crippen LogP contribution in [0.1, 0.15) is 35.8 Å². The molecule has 1 amide bonds. The van der Waals surface area contributed by atoms with Crippen LogP contribution in [0, 0.1) is 6.92 Å². The molecule has 0 bridgehead atoms. The first-order valence-corrected chi connectivity index (χ1v) is 7.12. The Bertz CT molecular complexity index is 391. The number of amides is 1. The van der Waals surface area contributed by atoms with Crippen molar-refractivity contribution in [2.24, 2.45) is 0 Å². The lowest BCUT2D eigenvalue weighted by molar-refractivity contribution is 0.0756. The molecule has 0 saturated carbocycles. The second-order valence-electron chi connectivity index (χ2n) is 4.30. The van der Waals surface area contributed by atoms with Crippen LogP contribution >= 0.6 is 11.8 Å². The molecule has 1 aliphatic heterocycles. The van der Waals surface area contributed by atoms with Gasteiger partial charge in [-0.05, 0) is 25.5 Å². The Balaban J connectivity index is 2.11. The summed E-state index contributed by atoms with van der Waals surface area (Å²) >= 11 is 1.89. The van der Waals surface area contributed by atoms with Crippen molar-refractivity contribution in [3.8, 4) is 0 Å². The van der Waals surface area contributed by atoms with E-state index in [1.165, 1.54) is 0 Å². The highest BCUT2D eigenvalue weighted by Crippen LogP contribution is 2.28. The molecule has 17 heavy (non-hydrogen) atoms. The summed E-state index contributed by atoms with van der Waals surface area (Å²) < 4.78 is 0. The first kappa shape index (κ1) is 12.4. The maximum absolute atomic E-state index is 12.3. The van der Waals surface area contributed by atoms with Crippen molar-refractivity contribution in [2.45, 2.75) is 32.1 Å². The van der Waals surface area contributed by atoms with Crippen molar-refractivity contribution >= 4 is 17.7 Å². The molecular weight excluding hydrogens is 232 g/mol. The Hall–Kier alpha value is -1.03. The van der Waals surface area contributed by atoms with Gasteiger partial charge < -0.3 is 4.90 Å². The summed E-state index contributed by atoms with van der Waals surface area (Å²) in [6.07, 6.45) is 3.88. The van der Waals surface area contributed by atoms with Gasteiger partial charge in [-0.3, -0.25) is 9.78 Å². The number of thioether (sulfide) groups is 1. The molecule has 0 radical (unpaired) electrons. The largest absolute Gasteiger partial charge is 0.326 e. The van der Waals surface area contributed by atoms with E-state index in [0.717, 1.165) is 30.8 Å². The number of aryl methyl sites for hydroxylation is 1. The van der Waals surface area contributed by atoms with Gasteiger partial charge >= 0.3 is 0 Å². The highest BCUT2D eigenvalue weighted by molar-refractivity contribution is 8.00. The zero-order chi connectivity index (χ0) is 12.3. The summed E-state index contributed by atoms with van der Waals surface area (Å²) in [7, 11) is 0. The predicted octanol–water partition coefficient (Wildman–Crippen LogP) is 2.71. The molecule has 1 aliphatic rings. The number of carbonyl (C=O) groups is 1. The fourth-order valence-electron chi connectivity index (χ4n) is 2.00. The van der Waals surface area contributed by atoms with Crippen molar-refractivity contribution in [3.63, 3.8) is 0 Å². The Morgan fingerprint density at radius 1 is 1.59 bits per heavy atom. The zero-order valence-corrected chi connectivity index (χ0v) is 11.2. The lowest BCUT2D eigenvalue weighted by Gasteiger charge is -2.23. The molecule has 0 aromatic carbocycles. The first-order valence-electron chi connectivity index (χ1n) is 6.07. The lowest BCUT2D eigenvalue weighted by Crippen LogP contribution is -2.34. The zero-order valence-electron chi connectivity index (χ0n) is 10.3. The summed E-state index contributed by atoms with van der Waals surface area (Å²) in [6.45, 7) is 4.96. The smallest absolute Gasteiger partial charge is 0.256 e. The fraction of sp³-hybridized carbons (Fsp3) is 0.538. The van der Waals surface area contributed by atoms with Gasteiger partial charge in [-0.2, -0.15) is 0 Å². The topological polar surface area (TPSA) is 33.2 Å². The number of nitrogens with zero attached hydrogens (tertiary/aromatic N) is 2. The van der Waals surface area contributed by atoms with Crippen molar-refractivity contribution in [3.05, 3.63) is 29.6 Å². The maximum Gasteiger partial charge on any atom is 0.256 e. The van der Waals surface area contributed by atoms with Gasteiger partial charge in [-0.15, -0.1) is 11.8 Å². The molecule has 1 atom stereocenters. The van der Waals surface area contributed by atoms with Gasteiger partial charge in [0.1, 0.15) is 0 Å². The second kappa shape index (κ2) is 5.54. The monoisotopic (exact) mass is 250 g/mol. The number of pyridine rings is 1. The van der Waals surface area contributed by atoms with Gasteiger partial charge in [-0.25, -0.2) is 0 Å². The van der Waals surface area contributed by atoms with Gasteiger partial charge in [0, 0.05) is 24.2 Å². The predicted molar refractivity (Wildman–Crippen MR) is 71.2 cm³/mol. The van der Waals surface area contributed by atoms with Gasteiger partial charge in [0.2, 0.25) is 0 Å². The molecule has 1 saturated heterocycles. The normalized spacial score (nSPS) is 19.6. The average molecular weight is 250 g/mol. The van der Waals surface area contributed by atoms with Crippen LogP contribution in [0.2, 0.25) is 0 Å². The molecule has 0 N–H and O–H groups in total. The van der Waals surface area contributed by atoms with Crippen LogP contribution in [0.15, 0.2) is 18.3 Å². The highest BCUT2D eigenvalue weighted by Gasteiger charge is 2.29. The molecule has 1 fully saturated rings. The molecule has 4 heteroatoms. The van der Waals surface area contributed by atoms with Gasteiger partial charge in [-0.1, -0.05) is 13.3 Å². The Kier molecular flexibility index (Phi) is 4.05. The minimum Gasteiger partial charge on any atom is -0.326 e. The molecule has 0 spiro atoms. The van der Waals surface area contributed by atoms with Crippen molar-refractivity contribution in [1.82, 2.24) is 9.88 Å². The second-order valence-corrected chi connectivity index (χ2v) is 5.59. The Labute approximate surface area is 107 Å². The number of hydrogen-bond donors (Lipinski definition) is 0. The van der Waals surface area contributed by atoms with Crippen LogP contribution in [0.5, 0.6) is 0 Å². The number of hydrogen-bond acceptors (Lipinski definition) is 3. The quantitative estimate of drug-likeness (QED) is 0.827. The van der Waals surface area contributed by atoms with Crippen molar-refractivity contribution in [1.29, 1.82) is 0 Å². The lowest BCUT2D eigenvalue weighted by atomic mass is 10.2. The molecule has 1 aromatic rings. The van der Waals surface area contributed by atoms with E-state index in [0.29, 0.717) is 10.9 Å². The van der Waals surface area contributed by atoms with Gasteiger partial charge in [0.05, 0.1) is 10.9 Å². The molecule has 1 aromatic heterocycles. The Morgan fingerprint density at radius 2 is 2.41 bits per heavy atom. The van der Waals surface area contributed by atoms with Crippen molar-refractivity contribution in [2.75, 3.05) is 12.3 Å². The van der Waals surface area contributed by atoms with E-state index >= 15 is 0 Å². The van der Waals surface area contributed by atoms with Crippen LogP contribution in [-0.4, -0.2) is 33.5 Å². The molecule has 92 valence electrons. The summed E-state index contributed by atoms with van der Waals surface area (Å²) in [6, 6.07) is 3.77. The highest BCUT2D eigenvalue weighted by atomic mass is 32.2. The number of rotatable bonds is 3. The van der Waals surface area contributed by atoms with E-state index in [1.807, 2.05) is 35.7 Å². The van der Waals surface area contributed by atoms with E-state index in [-0.39, 0.29) is 5.91 Å². The summed E-state index contributed by atoms with van der Waals surface area (Å²) in [5.74, 6) is 1.18. The first-order chi connectivity index (χ1) is 8.22. The molecular formula is C13H18N2OS. The molecule has 2 rings (SSSR count). The van der Waals surface area contributed by atoms with Crippen LogP contribution in [0.4, 0.5) is 0 Å². The molecule has 2 heterocycles. The molecule has 0 unspecified atom stereocenters. The van der Waals surface area contributed by atoms with Crippen LogP contribution in [-0.2, 0) is 0 Å². The molecule has 0 aliphatic carbocycles. The Morgan fingerprint density at radius 3 is 3.06 bits per heavy atom. The standard InChI is InChI=1S/C13H18N2OS/c1-3-4-12-15(7-8-17-12)13(16)11-6-5-10(2)14-9-11/h5-6,9,12H,3-4,7-8H2,1-2H3/t12-/m0/s1. The minimum atomic E-state index is 0.126. The number of aromatic nitrogens is 1. The van der Waals surface area contributed by atoms with Crippen LogP contribution in [0.3, 0.4) is 0 Å². The third-order valence-electron chi connectivity index (χ3n) is 2.94. The summed E-state index contributed by atoms with van der Waals surface area (Å²) in [4.78, 5) is 18.5. The molecule has 3 nitrogen and oxygen atoms in total. The van der Waals surface area contributed by atoms with Gasteiger partial charge in [0.15, 0.2) is 0 Å². The van der Waals surface area contributed by atoms with E-state index in [9.17, 15) is 4.79 Å². The van der Waals surface area contributed by atoms with Crippen LogP contribution in [0.25, 0.3) is 0 Å². The summed E-state index contributed by atoms with van der Waals surface area (Å²) in [5, 5.41) is 0.355. The van der Waals surface area contributed by atoms with Crippen molar-refractivity contribution < 1.29 is 4.79 Å². The van der Waals surface area contributed by atoms with E-state index in [2.05, 4.69) is 11.9 Å². The number of carbonyl (C=O) groups excluding carboxylic acids is 1. The van der Waals surface area contributed by atoms with E-state index < -0.39 is 0 Å². The maximum atomic E-state index is 12.3. The average Bonchev–Trinajstić information content (AvgIpc) is 2.78. The van der Waals surface area contributed by atoms with E-state index in [1.54, 1.807) is 6.20 Å². The van der Waals surface area contributed by atoms with E-state index in [4.69, 9.17) is 0 Å². The SMILES string of the molecule is CCC[C@@H]1SCCN1C(=O)c1ccc(C)nc1. The van der Waals surface area contributed by atoms with Crippen LogP contribution < -0.4 is 0 Å². The third kappa shape index (κ3) is 2.80.